The lowest BCUT2D eigenvalue weighted by atomic mass is 9.93. The summed E-state index contributed by atoms with van der Waals surface area (Å²) in [7, 11) is -0.838. The van der Waals surface area contributed by atoms with Gasteiger partial charge in [-0.25, -0.2) is 0 Å². The highest BCUT2D eigenvalue weighted by atomic mass is 32.2. The van der Waals surface area contributed by atoms with Gasteiger partial charge in [0, 0.05) is 13.6 Å². The van der Waals surface area contributed by atoms with E-state index in [0.29, 0.717) is 23.8 Å². The molecule has 138 valence electrons. The number of benzene rings is 1. The Bertz CT molecular complexity index is 752. The number of nitrogens with zero attached hydrogens (tertiary/aromatic N) is 2. The molecule has 0 spiro atoms. The van der Waals surface area contributed by atoms with Crippen LogP contribution in [0.15, 0.2) is 22.6 Å². The number of nitrogens with one attached hydrogen (secondary N) is 1. The van der Waals surface area contributed by atoms with Gasteiger partial charge in [0.05, 0.1) is 11.6 Å². The Hall–Kier alpha value is -1.80. The number of carbonyl (C=O) groups excluding carboxylic acids is 1. The number of carbonyl (C=O) groups is 1. The van der Waals surface area contributed by atoms with E-state index in [1.807, 2.05) is 13.0 Å². The van der Waals surface area contributed by atoms with Crippen molar-refractivity contribution in [2.24, 2.45) is 4.36 Å². The van der Waals surface area contributed by atoms with Crippen LogP contribution in [0.2, 0.25) is 0 Å². The molecule has 1 aromatic carbocycles. The molecule has 0 saturated heterocycles. The summed E-state index contributed by atoms with van der Waals surface area (Å²) >= 11 is 5.28. The third kappa shape index (κ3) is 5.89. The second-order valence-corrected chi connectivity index (χ2v) is 6.72. The number of aryl methyl sites for hydroxylation is 1. The van der Waals surface area contributed by atoms with E-state index in [1.54, 1.807) is 31.0 Å². The SMILES string of the molecule is CCCCN(C(=O)C(CC)c1ccc(C)c(N=S(=O)=O)c1)C(=S)NC. The van der Waals surface area contributed by atoms with Crippen LogP contribution in [0.25, 0.3) is 0 Å². The van der Waals surface area contributed by atoms with Crippen molar-refractivity contribution in [3.05, 3.63) is 29.3 Å². The van der Waals surface area contributed by atoms with Crippen LogP contribution >= 0.6 is 12.2 Å². The quantitative estimate of drug-likeness (QED) is 0.731. The van der Waals surface area contributed by atoms with Gasteiger partial charge >= 0.3 is 10.5 Å². The Morgan fingerprint density at radius 3 is 2.56 bits per heavy atom. The van der Waals surface area contributed by atoms with Gasteiger partial charge in [-0.1, -0.05) is 32.4 Å². The third-order valence-electron chi connectivity index (χ3n) is 3.98. The van der Waals surface area contributed by atoms with Crippen molar-refractivity contribution in [2.45, 2.75) is 46.0 Å². The van der Waals surface area contributed by atoms with Crippen LogP contribution < -0.4 is 5.32 Å². The number of hydrogen-bond donors (Lipinski definition) is 1. The predicted octanol–water partition coefficient (Wildman–Crippen LogP) is 3.32. The largest absolute Gasteiger partial charge is 0.365 e. The summed E-state index contributed by atoms with van der Waals surface area (Å²) in [6, 6.07) is 5.29. The molecule has 0 aliphatic rings. The number of thiocarbonyl (C=S) groups is 1. The van der Waals surface area contributed by atoms with Crippen LogP contribution in [0.3, 0.4) is 0 Å². The van der Waals surface area contributed by atoms with E-state index in [4.69, 9.17) is 12.2 Å². The summed E-state index contributed by atoms with van der Waals surface area (Å²) in [4.78, 5) is 14.6. The molecule has 8 heteroatoms. The van der Waals surface area contributed by atoms with E-state index in [-0.39, 0.29) is 5.91 Å². The molecule has 0 aromatic heterocycles. The van der Waals surface area contributed by atoms with Gasteiger partial charge in [0.25, 0.3) is 0 Å². The molecule has 0 saturated carbocycles. The molecular formula is C17H25N3O3S2. The first-order valence-electron chi connectivity index (χ1n) is 8.30. The highest BCUT2D eigenvalue weighted by molar-refractivity contribution is 7.80. The van der Waals surface area contributed by atoms with Crippen LogP contribution in [0.5, 0.6) is 0 Å². The fourth-order valence-corrected chi connectivity index (χ4v) is 3.06. The molecule has 0 aliphatic carbocycles. The van der Waals surface area contributed by atoms with Gasteiger partial charge < -0.3 is 5.32 Å². The maximum atomic E-state index is 13.0. The topological polar surface area (TPSA) is 78.8 Å². The van der Waals surface area contributed by atoms with Crippen molar-refractivity contribution in [2.75, 3.05) is 13.6 Å². The average Bonchev–Trinajstić information content (AvgIpc) is 2.57. The maximum absolute atomic E-state index is 13.0. The number of rotatable bonds is 7. The number of unbranched alkanes of at least 4 members (excludes halogenated alkanes) is 1. The molecular weight excluding hydrogens is 358 g/mol. The number of hydrogen-bond acceptors (Lipinski definition) is 5. The molecule has 1 rings (SSSR count). The van der Waals surface area contributed by atoms with Gasteiger partial charge in [0.1, 0.15) is 0 Å². The molecule has 1 aromatic rings. The Balaban J connectivity index is 3.24. The van der Waals surface area contributed by atoms with Gasteiger partial charge in [-0.05, 0) is 49.2 Å². The monoisotopic (exact) mass is 383 g/mol. The molecule has 1 unspecified atom stereocenters. The third-order valence-corrected chi connectivity index (χ3v) is 4.75. The molecule has 1 amide bonds. The zero-order valence-electron chi connectivity index (χ0n) is 15.1. The smallest absolute Gasteiger partial charge is 0.316 e. The van der Waals surface area contributed by atoms with Crippen molar-refractivity contribution in [3.63, 3.8) is 0 Å². The van der Waals surface area contributed by atoms with Gasteiger partial charge in [0.15, 0.2) is 5.11 Å². The number of amides is 1. The van der Waals surface area contributed by atoms with Crippen molar-refractivity contribution >= 4 is 39.4 Å². The van der Waals surface area contributed by atoms with Gasteiger partial charge in [-0.3, -0.25) is 9.69 Å². The van der Waals surface area contributed by atoms with E-state index in [1.165, 1.54) is 0 Å². The van der Waals surface area contributed by atoms with E-state index >= 15 is 0 Å². The average molecular weight is 384 g/mol. The van der Waals surface area contributed by atoms with Crippen LogP contribution in [0, 0.1) is 6.92 Å². The van der Waals surface area contributed by atoms with E-state index in [2.05, 4.69) is 16.6 Å². The summed E-state index contributed by atoms with van der Waals surface area (Å²) in [6.07, 6.45) is 2.39. The van der Waals surface area contributed by atoms with Crippen molar-refractivity contribution < 1.29 is 13.2 Å². The van der Waals surface area contributed by atoms with Crippen molar-refractivity contribution in [1.29, 1.82) is 0 Å². The van der Waals surface area contributed by atoms with Crippen LogP contribution in [-0.4, -0.2) is 37.9 Å². The van der Waals surface area contributed by atoms with Crippen molar-refractivity contribution in [3.8, 4) is 0 Å². The first-order valence-corrected chi connectivity index (χ1v) is 9.74. The minimum Gasteiger partial charge on any atom is -0.365 e. The van der Waals surface area contributed by atoms with E-state index < -0.39 is 16.4 Å². The zero-order valence-corrected chi connectivity index (χ0v) is 16.7. The highest BCUT2D eigenvalue weighted by Gasteiger charge is 2.26. The van der Waals surface area contributed by atoms with Crippen molar-refractivity contribution in [1.82, 2.24) is 10.2 Å². The normalized spacial score (nSPS) is 11.5. The molecule has 6 nitrogen and oxygen atoms in total. The molecule has 0 bridgehead atoms. The van der Waals surface area contributed by atoms with E-state index in [0.717, 1.165) is 24.0 Å². The van der Waals surface area contributed by atoms with Crippen LogP contribution in [-0.2, 0) is 15.3 Å². The predicted molar refractivity (Wildman–Crippen MR) is 103 cm³/mol. The first kappa shape index (κ1) is 21.2. The minimum atomic E-state index is -2.53. The van der Waals surface area contributed by atoms with Gasteiger partial charge in [-0.15, -0.1) is 4.36 Å². The summed E-state index contributed by atoms with van der Waals surface area (Å²) in [5, 5.41) is 3.27. The Labute approximate surface area is 156 Å². The summed E-state index contributed by atoms with van der Waals surface area (Å²) < 4.78 is 25.4. The van der Waals surface area contributed by atoms with Gasteiger partial charge in [0.2, 0.25) is 5.91 Å². The maximum Gasteiger partial charge on any atom is 0.316 e. The lowest BCUT2D eigenvalue weighted by Gasteiger charge is -2.27. The lowest BCUT2D eigenvalue weighted by Crippen LogP contribution is -2.45. The first-order chi connectivity index (χ1) is 11.8. The Kier molecular flexibility index (Phi) is 8.71. The molecule has 0 fully saturated rings. The zero-order chi connectivity index (χ0) is 19.0. The van der Waals surface area contributed by atoms with Gasteiger partial charge in [-0.2, -0.15) is 8.42 Å². The molecule has 0 radical (unpaired) electrons. The van der Waals surface area contributed by atoms with Crippen LogP contribution in [0.1, 0.15) is 50.2 Å². The summed E-state index contributed by atoms with van der Waals surface area (Å²) in [6.45, 7) is 6.31. The van der Waals surface area contributed by atoms with Crippen LogP contribution in [0.4, 0.5) is 5.69 Å². The second-order valence-electron chi connectivity index (χ2n) is 5.71. The molecule has 25 heavy (non-hydrogen) atoms. The molecule has 1 N–H and O–H groups in total. The second kappa shape index (κ2) is 10.2. The fraction of sp³-hybridized carbons (Fsp3) is 0.529. The molecule has 1 atom stereocenters. The Morgan fingerprint density at radius 2 is 2.04 bits per heavy atom. The summed E-state index contributed by atoms with van der Waals surface area (Å²) in [5.74, 6) is -0.494. The van der Waals surface area contributed by atoms with E-state index in [9.17, 15) is 13.2 Å². The lowest BCUT2D eigenvalue weighted by molar-refractivity contribution is -0.129. The minimum absolute atomic E-state index is 0.0895. The molecule has 0 aliphatic heterocycles. The highest BCUT2D eigenvalue weighted by Crippen LogP contribution is 2.28. The fourth-order valence-electron chi connectivity index (χ4n) is 2.53. The summed E-state index contributed by atoms with van der Waals surface area (Å²) in [5.41, 5.74) is 1.83. The standard InChI is InChI=1S/C17H25N3O3S2/c1-5-7-10-20(17(24)18-4)16(21)14(6-2)13-9-8-12(3)15(11-13)19-25(22)23/h8-9,11,14H,5-7,10H2,1-4H3,(H,18,24). The molecule has 0 heterocycles. The Morgan fingerprint density at radius 1 is 1.36 bits per heavy atom.